The Labute approximate surface area is 503 Å². The second-order valence-corrected chi connectivity index (χ2v) is 27.4. The van der Waals surface area contributed by atoms with Crippen molar-refractivity contribution in [1.82, 2.24) is 43.6 Å². The normalized spacial score (nSPS) is 19.1. The first-order valence-corrected chi connectivity index (χ1v) is 32.4. The molecule has 6 heterocycles. The first-order chi connectivity index (χ1) is 41.1. The molecule has 2 aliphatic rings. The number of nitrogens with one attached hydrogen (secondary N) is 1. The zero-order valence-corrected chi connectivity index (χ0v) is 50.2. The molecule has 6 aromatic heterocycles. The van der Waals surface area contributed by atoms with Gasteiger partial charge in [0.25, 0.3) is 20.0 Å². The summed E-state index contributed by atoms with van der Waals surface area (Å²) >= 11 is 2.02. The number of hydrogen-bond donors (Lipinski definition) is 4. The molecule has 5 N–H and O–H groups in total. The largest absolute Gasteiger partial charge is 0.393 e. The summed E-state index contributed by atoms with van der Waals surface area (Å²) in [5, 5.41) is 35.2. The van der Waals surface area contributed by atoms with Crippen molar-refractivity contribution in [2.75, 3.05) is 36.4 Å². The minimum absolute atomic E-state index is 0.0262. The molecule has 0 aliphatic heterocycles. The first kappa shape index (κ1) is 62.5. The topological polar surface area (TPSA) is 258 Å². The standard InChI is InChI=1S/C29H29F3N6O3S2.C15H12N2O3S.C14H17F3N4OS/c1-37(27-22-12-20(13-29(30,31)32)42-28(22)35-16-34-27)25-10-19(11-26(25)39)33-14-17-6-8-18(9-7-17)21-4-3-5-24-23(21)15-36-38(24)43(2,40)41;1-21(19,20)17-15-4-2-3-13(14(15)9-16-17)12-7-5-11(10-18)6-8-12;1-21(10-2-7(18)3-11(10)22)12-9-4-8(5-14(15,16)17)23-13(9)20-6-19-12/h3-9,12,15-16,19,25-26,33,39H,10-11,13-14H2,1-2H3;2-10H,1H3;4,6-7,10-11,22H,2-3,5,18H2,1H3/t19-,25+,26-;;7-,10+,11-/m1.1/s1. The molecule has 0 spiro atoms. The van der Waals surface area contributed by atoms with E-state index in [9.17, 15) is 58.2 Å². The Morgan fingerprint density at radius 3 is 1.51 bits per heavy atom. The van der Waals surface area contributed by atoms with Crippen molar-refractivity contribution in [3.63, 3.8) is 0 Å². The van der Waals surface area contributed by atoms with Gasteiger partial charge in [-0.2, -0.15) is 44.7 Å². The summed E-state index contributed by atoms with van der Waals surface area (Å²) in [6.45, 7) is 0.577. The first-order valence-electron chi connectivity index (χ1n) is 27.0. The van der Waals surface area contributed by atoms with Crippen LogP contribution in [0, 0.1) is 0 Å². The number of rotatable bonds is 14. The van der Waals surface area contributed by atoms with E-state index in [4.69, 9.17) is 5.73 Å². The molecule has 458 valence electrons. The summed E-state index contributed by atoms with van der Waals surface area (Å²) in [6.07, 6.45) is -0.689. The van der Waals surface area contributed by atoms with E-state index < -0.39 is 57.4 Å². The third-order valence-corrected chi connectivity index (χ3v) is 19.1. The predicted molar refractivity (Wildman–Crippen MR) is 324 cm³/mol. The fourth-order valence-electron chi connectivity index (χ4n) is 11.1. The molecule has 2 saturated carbocycles. The molecule has 0 unspecified atom stereocenters. The summed E-state index contributed by atoms with van der Waals surface area (Å²) in [4.78, 5) is 32.5. The molecule has 0 saturated heterocycles. The number of nitrogens with zero attached hydrogens (tertiary/aromatic N) is 10. The molecule has 19 nitrogen and oxygen atoms in total. The van der Waals surface area contributed by atoms with Crippen LogP contribution in [0.2, 0.25) is 0 Å². The van der Waals surface area contributed by atoms with Gasteiger partial charge in [0.1, 0.15) is 40.2 Å². The number of carbonyl (C=O) groups excluding carboxylic acids is 1. The van der Waals surface area contributed by atoms with Crippen molar-refractivity contribution in [2.45, 2.75) is 93.8 Å². The summed E-state index contributed by atoms with van der Waals surface area (Å²) in [5.74, 6) is 1.03. The predicted octanol–water partition coefficient (Wildman–Crippen LogP) is 9.14. The highest BCUT2D eigenvalue weighted by atomic mass is 32.2. The number of benzene rings is 4. The van der Waals surface area contributed by atoms with E-state index in [1.165, 1.54) is 24.8 Å². The number of fused-ring (bicyclic) bond motifs is 4. The Hall–Kier alpha value is -7.51. The average Bonchev–Trinajstić information content (AvgIpc) is 2.44. The Balaban J connectivity index is 0.000000160. The minimum Gasteiger partial charge on any atom is -0.391 e. The molecule has 6 atom stereocenters. The number of aldehydes is 1. The van der Waals surface area contributed by atoms with Crippen molar-refractivity contribution in [3.8, 4) is 22.3 Å². The van der Waals surface area contributed by atoms with Gasteiger partial charge in [0.05, 0.1) is 83.8 Å². The Morgan fingerprint density at radius 2 is 1.08 bits per heavy atom. The van der Waals surface area contributed by atoms with Crippen molar-refractivity contribution >= 4 is 103 Å². The molecule has 0 bridgehead atoms. The van der Waals surface area contributed by atoms with Crippen LogP contribution in [0.15, 0.2) is 122 Å². The average molecular weight is 1280 g/mol. The number of carbonyl (C=O) groups is 1. The van der Waals surface area contributed by atoms with E-state index in [-0.39, 0.29) is 33.9 Å². The number of halogens is 6. The molecule has 12 rings (SSSR count). The van der Waals surface area contributed by atoms with E-state index in [2.05, 4.69) is 35.5 Å². The Morgan fingerprint density at radius 1 is 0.632 bits per heavy atom. The highest BCUT2D eigenvalue weighted by molar-refractivity contribution is 7.89. The summed E-state index contributed by atoms with van der Waals surface area (Å²) < 4.78 is 126. The van der Waals surface area contributed by atoms with Gasteiger partial charge in [-0.25, -0.2) is 36.8 Å². The number of anilines is 2. The lowest BCUT2D eigenvalue weighted by Gasteiger charge is -2.28. The van der Waals surface area contributed by atoms with Gasteiger partial charge < -0.3 is 31.1 Å². The number of aromatic nitrogens is 8. The van der Waals surface area contributed by atoms with Crippen LogP contribution in [0.4, 0.5) is 38.0 Å². The number of hydrogen-bond acceptors (Lipinski definition) is 19. The van der Waals surface area contributed by atoms with E-state index in [1.807, 2.05) is 59.5 Å². The summed E-state index contributed by atoms with van der Waals surface area (Å²) in [5.41, 5.74) is 12.2. The second kappa shape index (κ2) is 24.9. The SMILES string of the molecule is CN(c1ncnc2sc(CC(F)(F)F)cc12)[C@H]1C[C@@H](N)C[C@H]1O.CN(c1ncnc2sc(CC(F)(F)F)cc12)[C@H]1C[C@@H](NCc2ccc(-c3cccc4c3cnn4S(C)(=O)=O)cc2)C[C@H]1O.CS(=O)(=O)n1ncc2c(-c3ccc(C=O)cc3)cccc21. The number of likely N-dealkylation sites (N-methyl/N-ethyl adjacent to an activating group) is 2. The van der Waals surface area contributed by atoms with Gasteiger partial charge in [-0.1, -0.05) is 72.8 Å². The van der Waals surface area contributed by atoms with E-state index in [0.29, 0.717) is 80.9 Å². The highest BCUT2D eigenvalue weighted by Gasteiger charge is 2.38. The fraction of sp³-hybridized carbons (Fsp3) is 0.328. The number of aliphatic hydroxyl groups is 2. The Kier molecular flexibility index (Phi) is 17.9. The number of nitrogens with two attached hydrogens (primary N) is 1. The smallest absolute Gasteiger partial charge is 0.391 e. The lowest BCUT2D eigenvalue weighted by atomic mass is 10.0. The van der Waals surface area contributed by atoms with Crippen LogP contribution in [0.1, 0.15) is 51.4 Å². The molecule has 2 aliphatic carbocycles. The van der Waals surface area contributed by atoms with Crippen LogP contribution in [0.3, 0.4) is 0 Å². The molecule has 4 aromatic carbocycles. The van der Waals surface area contributed by atoms with Crippen LogP contribution < -0.4 is 20.9 Å². The maximum absolute atomic E-state index is 13.0. The second-order valence-electron chi connectivity index (χ2n) is 21.5. The van der Waals surface area contributed by atoms with Crippen LogP contribution in [-0.4, -0.2) is 147 Å². The quantitative estimate of drug-likeness (QED) is 0.0584. The Bertz CT molecular complexity index is 4350. The van der Waals surface area contributed by atoms with Gasteiger partial charge in [0.15, 0.2) is 0 Å². The molecular weight excluding hydrogens is 1220 g/mol. The van der Waals surface area contributed by atoms with Gasteiger partial charge in [0, 0.05) is 58.8 Å². The molecule has 2 fully saturated rings. The van der Waals surface area contributed by atoms with Crippen LogP contribution in [0.25, 0.3) is 64.5 Å². The van der Waals surface area contributed by atoms with Crippen LogP contribution >= 0.6 is 22.7 Å². The molecule has 0 radical (unpaired) electrons. The number of aliphatic hydroxyl groups excluding tert-OH is 2. The third-order valence-electron chi connectivity index (χ3n) is 15.2. The highest BCUT2D eigenvalue weighted by Crippen LogP contribution is 2.39. The van der Waals surface area contributed by atoms with Gasteiger partial charge >= 0.3 is 12.4 Å². The van der Waals surface area contributed by atoms with E-state index in [1.54, 1.807) is 61.7 Å². The zero-order chi connectivity index (χ0) is 62.3. The van der Waals surface area contributed by atoms with Gasteiger partial charge in [-0.15, -0.1) is 22.7 Å². The summed E-state index contributed by atoms with van der Waals surface area (Å²) in [7, 11) is -3.38. The van der Waals surface area contributed by atoms with E-state index in [0.717, 1.165) is 88.2 Å². The molecule has 10 aromatic rings. The number of alkyl halides is 6. The molecular formula is C58H58F6N12O7S4. The zero-order valence-electron chi connectivity index (χ0n) is 46.9. The van der Waals surface area contributed by atoms with Crippen LogP contribution in [0.5, 0.6) is 0 Å². The summed E-state index contributed by atoms with van der Waals surface area (Å²) in [6, 6.07) is 28.4. The minimum atomic E-state index is -4.31. The van der Waals surface area contributed by atoms with Gasteiger partial charge in [0.2, 0.25) is 0 Å². The lowest BCUT2D eigenvalue weighted by Crippen LogP contribution is -2.38. The van der Waals surface area contributed by atoms with Gasteiger partial charge in [-0.3, -0.25) is 4.79 Å². The molecule has 29 heteroatoms. The van der Waals surface area contributed by atoms with Gasteiger partial charge in [-0.05, 0) is 77.8 Å². The van der Waals surface area contributed by atoms with Crippen LogP contribution in [-0.2, 0) is 39.4 Å². The lowest BCUT2D eigenvalue weighted by molar-refractivity contribution is -0.127. The maximum Gasteiger partial charge on any atom is 0.393 e. The maximum atomic E-state index is 13.0. The van der Waals surface area contributed by atoms with Crippen molar-refractivity contribution < 1.29 is 58.2 Å². The van der Waals surface area contributed by atoms with Crippen molar-refractivity contribution in [1.29, 1.82) is 0 Å². The third kappa shape index (κ3) is 14.3. The number of thiophene rings is 2. The fourth-order valence-corrected chi connectivity index (χ4v) is 14.7. The van der Waals surface area contributed by atoms with E-state index >= 15 is 0 Å². The molecule has 87 heavy (non-hydrogen) atoms. The van der Waals surface area contributed by atoms with Crippen molar-refractivity contribution in [3.05, 3.63) is 143 Å². The molecule has 0 amide bonds. The monoisotopic (exact) mass is 1280 g/mol. The van der Waals surface area contributed by atoms with Crippen molar-refractivity contribution in [2.24, 2.45) is 5.73 Å².